The first-order valence-corrected chi connectivity index (χ1v) is 25.3. The van der Waals surface area contributed by atoms with Crippen molar-refractivity contribution in [1.29, 1.82) is 0 Å². The average molecular weight is 939 g/mol. The molecule has 4 amide bonds. The second kappa shape index (κ2) is 20.4. The molecule has 0 saturated carbocycles. The molecule has 0 spiro atoms. The van der Waals surface area contributed by atoms with Crippen molar-refractivity contribution in [3.05, 3.63) is 60.2 Å². The first-order valence-electron chi connectivity index (χ1n) is 21.6. The Bertz CT molecular complexity index is 2070. The maximum Gasteiger partial charge on any atom is 0.245 e. The molecule has 0 radical (unpaired) electrons. The lowest BCUT2D eigenvalue weighted by Gasteiger charge is -2.33. The molecule has 22 heteroatoms. The van der Waals surface area contributed by atoms with E-state index in [9.17, 15) is 44.8 Å². The Morgan fingerprint density at radius 2 is 0.984 bits per heavy atom. The third-order valence-electron chi connectivity index (χ3n) is 12.8. The highest BCUT2D eigenvalue weighted by Gasteiger charge is 2.56. The van der Waals surface area contributed by atoms with Crippen molar-refractivity contribution >= 4 is 43.7 Å². The third kappa shape index (κ3) is 11.1. The summed E-state index contributed by atoms with van der Waals surface area (Å²) in [4.78, 5) is 58.9. The Labute approximate surface area is 373 Å². The lowest BCUT2D eigenvalue weighted by Crippen LogP contribution is -2.56. The first-order chi connectivity index (χ1) is 30.2. The van der Waals surface area contributed by atoms with Crippen molar-refractivity contribution in [2.45, 2.75) is 113 Å². The highest BCUT2D eigenvalue weighted by atomic mass is 32.2. The molecule has 6 rings (SSSR count). The summed E-state index contributed by atoms with van der Waals surface area (Å²) in [6.45, 7) is 3.56. The molecule has 4 saturated heterocycles. The maximum atomic E-state index is 14.6. The zero-order valence-electron chi connectivity index (χ0n) is 36.9. The van der Waals surface area contributed by atoms with Gasteiger partial charge >= 0.3 is 0 Å². The van der Waals surface area contributed by atoms with E-state index in [4.69, 9.17) is 9.47 Å². The van der Waals surface area contributed by atoms with E-state index in [1.165, 1.54) is 57.1 Å². The molecule has 18 nitrogen and oxygen atoms in total. The van der Waals surface area contributed by atoms with Gasteiger partial charge in [-0.2, -0.15) is 8.61 Å². The van der Waals surface area contributed by atoms with Gasteiger partial charge in [0.25, 0.3) is 0 Å². The molecule has 4 aliphatic rings. The number of rotatable bonds is 19. The van der Waals surface area contributed by atoms with Gasteiger partial charge < -0.3 is 40.5 Å². The molecule has 0 bridgehead atoms. The summed E-state index contributed by atoms with van der Waals surface area (Å²) in [7, 11) is -4.23. The van der Waals surface area contributed by atoms with E-state index in [2.05, 4.69) is 21.3 Å². The number of nitrogens with one attached hydrogen (secondary N) is 4. The van der Waals surface area contributed by atoms with Crippen LogP contribution in [-0.4, -0.2) is 172 Å². The zero-order chi connectivity index (χ0) is 46.7. The number of ether oxygens (including phenoxy) is 2. The van der Waals surface area contributed by atoms with Gasteiger partial charge in [0.1, 0.15) is 47.4 Å². The van der Waals surface area contributed by atoms with Crippen LogP contribution < -0.4 is 30.7 Å². The first kappa shape index (κ1) is 49.0. The van der Waals surface area contributed by atoms with E-state index in [1.54, 1.807) is 37.7 Å². The Hall–Kier alpha value is -4.48. The summed E-state index contributed by atoms with van der Waals surface area (Å²) in [5.41, 5.74) is 0. The van der Waals surface area contributed by atoms with E-state index < -0.39 is 116 Å². The van der Waals surface area contributed by atoms with E-state index >= 15 is 0 Å². The van der Waals surface area contributed by atoms with Crippen LogP contribution in [0.15, 0.2) is 48.5 Å². The summed E-state index contributed by atoms with van der Waals surface area (Å²) in [5.74, 6) is -2.13. The molecule has 4 fully saturated rings. The second-order valence-corrected chi connectivity index (χ2v) is 20.9. The van der Waals surface area contributed by atoms with Crippen LogP contribution in [0.3, 0.4) is 0 Å². The largest absolute Gasteiger partial charge is 0.487 e. The van der Waals surface area contributed by atoms with E-state index in [0.717, 1.165) is 12.5 Å². The number of carbonyl (C=O) groups excluding carboxylic acids is 4. The van der Waals surface area contributed by atoms with E-state index in [-0.39, 0.29) is 39.0 Å². The molecule has 2 aromatic carbocycles. The van der Waals surface area contributed by atoms with Crippen molar-refractivity contribution in [3.8, 4) is 11.5 Å². The van der Waals surface area contributed by atoms with E-state index in [0.29, 0.717) is 37.2 Å². The number of nitrogens with zero attached hydrogens (tertiary/aromatic N) is 4. The number of fused-ring (bicyclic) bond motifs is 2. The molecule has 4 aliphatic heterocycles. The molecule has 0 aromatic heterocycles. The minimum absolute atomic E-state index is 0.0412. The topological polar surface area (TPSA) is 216 Å². The van der Waals surface area contributed by atoms with Crippen LogP contribution in [0, 0.1) is 11.6 Å². The monoisotopic (exact) mass is 938 g/mol. The summed E-state index contributed by atoms with van der Waals surface area (Å²) >= 11 is 0. The molecule has 64 heavy (non-hydrogen) atoms. The zero-order valence-corrected chi connectivity index (χ0v) is 38.5. The molecule has 4 heterocycles. The minimum Gasteiger partial charge on any atom is -0.487 e. The number of likely N-dealkylation sites (tertiary alicyclic amines) is 2. The minimum atomic E-state index is -3.72. The van der Waals surface area contributed by atoms with Gasteiger partial charge in [0, 0.05) is 13.1 Å². The van der Waals surface area contributed by atoms with E-state index in [1.807, 2.05) is 0 Å². The van der Waals surface area contributed by atoms with Gasteiger partial charge in [-0.1, -0.05) is 12.8 Å². The number of hydrogen-bond acceptors (Lipinski definition) is 12. The average Bonchev–Trinajstić information content (AvgIpc) is 4.04. The Morgan fingerprint density at radius 3 is 1.30 bits per heavy atom. The predicted octanol–water partition coefficient (Wildman–Crippen LogP) is 0.395. The summed E-state index contributed by atoms with van der Waals surface area (Å²) in [6.07, 6.45) is 2.11. The van der Waals surface area contributed by atoms with Gasteiger partial charge in [0.05, 0.1) is 61.9 Å². The standard InChI is InChI=1S/C42H60F2N8O10S2/c1-25(45-3)39(53)47-31(41(55)49-21-19-33-37(49)35(23-51(33)63(5,57)58)61-29-15-11-27(43)12-16-29)9-7-8-10-32(48-40(54)26(2)46-4)42(56)50-22-20-34-38(50)36(24-52(34)64(6,59)60)62-30-17-13-28(44)14-18-30/h11-18,25-26,31-38,45-46H,7-10,19-24H2,1-6H3,(H,47,53)(H,48,54). The van der Waals surface area contributed by atoms with Crippen LogP contribution >= 0.6 is 0 Å². The number of amides is 4. The van der Waals surface area contributed by atoms with Gasteiger partial charge in [-0.05, 0) is 102 Å². The molecular formula is C42H60F2N8O10S2. The van der Waals surface area contributed by atoms with Gasteiger partial charge in [-0.3, -0.25) is 19.2 Å². The van der Waals surface area contributed by atoms with Crippen molar-refractivity contribution in [2.24, 2.45) is 0 Å². The maximum absolute atomic E-state index is 14.6. The smallest absolute Gasteiger partial charge is 0.245 e. The summed E-state index contributed by atoms with van der Waals surface area (Å²) in [5, 5.41) is 11.5. The number of hydrogen-bond donors (Lipinski definition) is 4. The van der Waals surface area contributed by atoms with Crippen molar-refractivity contribution in [1.82, 2.24) is 39.7 Å². The normalized spacial score (nSPS) is 25.6. The lowest BCUT2D eigenvalue weighted by molar-refractivity contribution is -0.139. The number of unbranched alkanes of at least 4 members (excludes halogenated alkanes) is 1. The second-order valence-electron chi connectivity index (χ2n) is 17.1. The van der Waals surface area contributed by atoms with Crippen LogP contribution in [0.2, 0.25) is 0 Å². The SMILES string of the molecule is CNC(C)C(=O)NC(CCCCC(NC(=O)C(C)NC)C(=O)N1CCC2C1C(Oc1ccc(F)cc1)CN2S(C)(=O)=O)C(=O)N1CCC2C1C(Oc1ccc(F)cc1)CN2S(C)(=O)=O. The highest BCUT2D eigenvalue weighted by molar-refractivity contribution is 7.88. The summed E-state index contributed by atoms with van der Waals surface area (Å²) in [6, 6.07) is 4.53. The number of carbonyl (C=O) groups is 4. The third-order valence-corrected chi connectivity index (χ3v) is 15.3. The molecule has 10 atom stereocenters. The van der Waals surface area contributed by atoms with Crippen LogP contribution in [0.5, 0.6) is 11.5 Å². The van der Waals surface area contributed by atoms with Crippen molar-refractivity contribution in [3.63, 3.8) is 0 Å². The summed E-state index contributed by atoms with van der Waals surface area (Å²) < 4.78 is 94.2. The van der Waals surface area contributed by atoms with Gasteiger partial charge in [0.15, 0.2) is 0 Å². The number of sulfonamides is 2. The van der Waals surface area contributed by atoms with Gasteiger partial charge in [-0.15, -0.1) is 0 Å². The number of benzene rings is 2. The Balaban J connectivity index is 1.20. The fraction of sp³-hybridized carbons (Fsp3) is 0.619. The highest BCUT2D eigenvalue weighted by Crippen LogP contribution is 2.38. The van der Waals surface area contributed by atoms with Gasteiger partial charge in [0.2, 0.25) is 43.7 Å². The van der Waals surface area contributed by atoms with Crippen LogP contribution in [0.25, 0.3) is 0 Å². The number of halogens is 2. The molecule has 0 aliphatic carbocycles. The van der Waals surface area contributed by atoms with Crippen molar-refractivity contribution in [2.75, 3.05) is 52.8 Å². The fourth-order valence-electron chi connectivity index (χ4n) is 9.30. The number of likely N-dealkylation sites (N-methyl/N-ethyl adjacent to an activating group) is 2. The molecule has 10 unspecified atom stereocenters. The van der Waals surface area contributed by atoms with Crippen LogP contribution in [0.4, 0.5) is 8.78 Å². The molecular weight excluding hydrogens is 879 g/mol. The predicted molar refractivity (Wildman–Crippen MR) is 232 cm³/mol. The molecule has 4 N–H and O–H groups in total. The van der Waals surface area contributed by atoms with Crippen molar-refractivity contribution < 1.29 is 54.3 Å². The Kier molecular flexibility index (Phi) is 15.6. The fourth-order valence-corrected chi connectivity index (χ4v) is 11.6. The lowest BCUT2D eigenvalue weighted by atomic mass is 10.0. The van der Waals surface area contributed by atoms with Gasteiger partial charge in [-0.25, -0.2) is 25.6 Å². The molecule has 354 valence electrons. The Morgan fingerprint density at radius 1 is 0.641 bits per heavy atom. The quantitative estimate of drug-likeness (QED) is 0.141. The molecule has 2 aromatic rings. The van der Waals surface area contributed by atoms with Crippen LogP contribution in [0.1, 0.15) is 52.4 Å². The van der Waals surface area contributed by atoms with Crippen LogP contribution in [-0.2, 0) is 39.2 Å².